The van der Waals surface area contributed by atoms with E-state index in [9.17, 15) is 0 Å². The Kier molecular flexibility index (Phi) is 3.08. The molecule has 0 aromatic rings. The van der Waals surface area contributed by atoms with Crippen molar-refractivity contribution < 1.29 is 0 Å². The lowest BCUT2D eigenvalue weighted by Gasteiger charge is -2.11. The van der Waals surface area contributed by atoms with Gasteiger partial charge in [0.2, 0.25) is 0 Å². The molecular weight excluding hydrogens is 166 g/mol. The second-order valence-electron chi connectivity index (χ2n) is 2.68. The normalized spacial score (nSPS) is 14.6. The number of guanidine groups is 2. The molecule has 0 fully saturated rings. The summed E-state index contributed by atoms with van der Waals surface area (Å²) in [7, 11) is 0. The fourth-order valence-corrected chi connectivity index (χ4v) is 1.02. The number of hydrogen-bond acceptors (Lipinski definition) is 2. The molecule has 0 amide bonds. The van der Waals surface area contributed by atoms with E-state index >= 15 is 0 Å². The molecule has 1 aliphatic carbocycles. The summed E-state index contributed by atoms with van der Waals surface area (Å²) in [6, 6.07) is 0. The standard InChI is InChI=1S/C8H13N5/c9-7(10)13-8(11)12-6-4-2-1-3-5-6/h2,4-5H,1,3H2,(H6,9,10,11,12,13). The fourth-order valence-electron chi connectivity index (χ4n) is 1.02. The van der Waals surface area contributed by atoms with Crippen molar-refractivity contribution in [2.45, 2.75) is 12.8 Å². The first kappa shape index (κ1) is 9.31. The van der Waals surface area contributed by atoms with Crippen LogP contribution >= 0.6 is 0 Å². The molecule has 0 aromatic heterocycles. The van der Waals surface area contributed by atoms with Gasteiger partial charge in [-0.15, -0.1) is 0 Å². The monoisotopic (exact) mass is 179 g/mol. The van der Waals surface area contributed by atoms with E-state index in [1.165, 1.54) is 0 Å². The zero-order valence-electron chi connectivity index (χ0n) is 7.22. The Labute approximate surface area is 76.7 Å². The molecule has 0 heterocycles. The molecule has 0 aliphatic heterocycles. The maximum Gasteiger partial charge on any atom is 0.199 e. The van der Waals surface area contributed by atoms with Gasteiger partial charge in [-0.2, -0.15) is 0 Å². The van der Waals surface area contributed by atoms with Crippen molar-refractivity contribution in [3.63, 3.8) is 0 Å². The maximum absolute atomic E-state index is 7.34. The van der Waals surface area contributed by atoms with Gasteiger partial charge in [0.15, 0.2) is 11.9 Å². The van der Waals surface area contributed by atoms with Gasteiger partial charge in [-0.3, -0.25) is 16.1 Å². The van der Waals surface area contributed by atoms with Crippen LogP contribution in [-0.4, -0.2) is 11.9 Å². The molecule has 0 bridgehead atoms. The van der Waals surface area contributed by atoms with Crippen molar-refractivity contribution in [3.8, 4) is 0 Å². The van der Waals surface area contributed by atoms with Crippen molar-refractivity contribution in [2.75, 3.05) is 0 Å². The second kappa shape index (κ2) is 4.30. The Morgan fingerprint density at radius 3 is 2.69 bits per heavy atom. The molecule has 0 saturated heterocycles. The highest BCUT2D eigenvalue weighted by atomic mass is 15.2. The fraction of sp³-hybridized carbons (Fsp3) is 0.250. The van der Waals surface area contributed by atoms with Crippen LogP contribution in [-0.2, 0) is 0 Å². The molecule has 0 atom stereocenters. The highest BCUT2D eigenvalue weighted by molar-refractivity contribution is 5.95. The molecule has 0 radical (unpaired) electrons. The number of allylic oxidation sites excluding steroid dienone is 3. The first-order chi connectivity index (χ1) is 6.18. The highest BCUT2D eigenvalue weighted by Gasteiger charge is 2.00. The number of rotatable bonds is 1. The third-order valence-corrected chi connectivity index (χ3v) is 1.52. The lowest BCUT2D eigenvalue weighted by atomic mass is 10.1. The largest absolute Gasteiger partial charge is 0.370 e. The summed E-state index contributed by atoms with van der Waals surface area (Å²) >= 11 is 0. The summed E-state index contributed by atoms with van der Waals surface area (Å²) in [5.41, 5.74) is 5.92. The summed E-state index contributed by atoms with van der Waals surface area (Å²) in [5.74, 6) is -0.219. The molecule has 5 nitrogen and oxygen atoms in total. The Balaban J connectivity index is 2.40. The molecule has 1 rings (SSSR count). The summed E-state index contributed by atoms with van der Waals surface area (Å²) < 4.78 is 0. The molecule has 0 unspecified atom stereocenters. The van der Waals surface area contributed by atoms with Gasteiger partial charge < -0.3 is 11.1 Å². The zero-order valence-corrected chi connectivity index (χ0v) is 7.22. The van der Waals surface area contributed by atoms with Crippen molar-refractivity contribution in [1.29, 1.82) is 10.8 Å². The number of nitrogens with one attached hydrogen (secondary N) is 4. The van der Waals surface area contributed by atoms with E-state index < -0.39 is 0 Å². The molecular formula is C8H13N5. The predicted molar refractivity (Wildman–Crippen MR) is 52.4 cm³/mol. The quantitative estimate of drug-likeness (QED) is 0.294. The van der Waals surface area contributed by atoms with E-state index in [1.54, 1.807) is 0 Å². The van der Waals surface area contributed by atoms with E-state index in [-0.39, 0.29) is 11.9 Å². The van der Waals surface area contributed by atoms with Crippen LogP contribution in [0, 0.1) is 10.8 Å². The SMILES string of the molecule is N=C(N)NC(=N)NC1=CCCC=C1. The Morgan fingerprint density at radius 2 is 2.15 bits per heavy atom. The molecule has 1 aliphatic rings. The van der Waals surface area contributed by atoms with Crippen LogP contribution in [0.3, 0.4) is 0 Å². The number of hydrogen-bond donors (Lipinski definition) is 5. The third-order valence-electron chi connectivity index (χ3n) is 1.52. The molecule has 0 spiro atoms. The van der Waals surface area contributed by atoms with Crippen LogP contribution in [0.1, 0.15) is 12.8 Å². The van der Waals surface area contributed by atoms with Gasteiger partial charge >= 0.3 is 0 Å². The first-order valence-electron chi connectivity index (χ1n) is 4.02. The van der Waals surface area contributed by atoms with Crippen molar-refractivity contribution in [3.05, 3.63) is 23.9 Å². The summed E-state index contributed by atoms with van der Waals surface area (Å²) in [4.78, 5) is 0. The van der Waals surface area contributed by atoms with Gasteiger partial charge in [-0.25, -0.2) is 0 Å². The van der Waals surface area contributed by atoms with Crippen molar-refractivity contribution in [2.24, 2.45) is 5.73 Å². The number of nitrogens with two attached hydrogens (primary N) is 1. The van der Waals surface area contributed by atoms with E-state index in [4.69, 9.17) is 16.6 Å². The Morgan fingerprint density at radius 1 is 1.38 bits per heavy atom. The van der Waals surface area contributed by atoms with Crippen LogP contribution in [0.5, 0.6) is 0 Å². The minimum Gasteiger partial charge on any atom is -0.370 e. The zero-order chi connectivity index (χ0) is 9.68. The highest BCUT2D eigenvalue weighted by Crippen LogP contribution is 2.05. The van der Waals surface area contributed by atoms with Crippen LogP contribution in [0.15, 0.2) is 23.9 Å². The summed E-state index contributed by atoms with van der Waals surface area (Å²) in [5, 5.41) is 19.4. The minimum absolute atomic E-state index is 0.0188. The molecule has 70 valence electrons. The van der Waals surface area contributed by atoms with Gasteiger partial charge in [0.1, 0.15) is 0 Å². The van der Waals surface area contributed by atoms with E-state index in [0.717, 1.165) is 18.5 Å². The van der Waals surface area contributed by atoms with Gasteiger partial charge in [-0.1, -0.05) is 12.2 Å². The van der Waals surface area contributed by atoms with Crippen molar-refractivity contribution >= 4 is 11.9 Å². The maximum atomic E-state index is 7.34. The van der Waals surface area contributed by atoms with E-state index in [2.05, 4.69) is 10.6 Å². The van der Waals surface area contributed by atoms with Gasteiger partial charge in [-0.05, 0) is 18.9 Å². The van der Waals surface area contributed by atoms with Gasteiger partial charge in [0.25, 0.3) is 0 Å². The summed E-state index contributed by atoms with van der Waals surface area (Å²) in [6.45, 7) is 0. The van der Waals surface area contributed by atoms with Crippen molar-refractivity contribution in [1.82, 2.24) is 10.6 Å². The van der Waals surface area contributed by atoms with Gasteiger partial charge in [0, 0.05) is 5.70 Å². The van der Waals surface area contributed by atoms with E-state index in [0.29, 0.717) is 0 Å². The molecule has 13 heavy (non-hydrogen) atoms. The lowest BCUT2D eigenvalue weighted by Crippen LogP contribution is -2.42. The average Bonchev–Trinajstić information content (AvgIpc) is 2.04. The lowest BCUT2D eigenvalue weighted by molar-refractivity contribution is 0.966. The average molecular weight is 179 g/mol. The molecule has 5 heteroatoms. The Bertz CT molecular complexity index is 276. The topological polar surface area (TPSA) is 97.8 Å². The smallest absolute Gasteiger partial charge is 0.199 e. The first-order valence-corrected chi connectivity index (χ1v) is 4.02. The van der Waals surface area contributed by atoms with Crippen LogP contribution in [0.2, 0.25) is 0 Å². The second-order valence-corrected chi connectivity index (χ2v) is 2.68. The Hall–Kier alpha value is -1.78. The summed E-state index contributed by atoms with van der Waals surface area (Å²) in [6.07, 6.45) is 7.95. The third kappa shape index (κ3) is 3.42. The van der Waals surface area contributed by atoms with Crippen LogP contribution in [0.4, 0.5) is 0 Å². The van der Waals surface area contributed by atoms with Crippen LogP contribution in [0.25, 0.3) is 0 Å². The molecule has 0 aromatic carbocycles. The predicted octanol–water partition coefficient (Wildman–Crippen LogP) is 0.228. The van der Waals surface area contributed by atoms with Crippen LogP contribution < -0.4 is 16.4 Å². The van der Waals surface area contributed by atoms with E-state index in [1.807, 2.05) is 18.2 Å². The minimum atomic E-state index is -0.238. The molecule has 6 N–H and O–H groups in total. The van der Waals surface area contributed by atoms with Gasteiger partial charge in [0.05, 0.1) is 0 Å². The molecule has 0 saturated carbocycles.